The molecule has 0 saturated heterocycles. The molecule has 1 atom stereocenters. The van der Waals surface area contributed by atoms with Crippen molar-refractivity contribution in [2.45, 2.75) is 19.5 Å². The second-order valence-corrected chi connectivity index (χ2v) is 6.31. The van der Waals surface area contributed by atoms with Crippen LogP contribution in [0.5, 0.6) is 0 Å². The zero-order valence-electron chi connectivity index (χ0n) is 15.5. The molecule has 2 aromatic rings. The van der Waals surface area contributed by atoms with Gasteiger partial charge < -0.3 is 10.6 Å². The highest BCUT2D eigenvalue weighted by molar-refractivity contribution is 5.94. The van der Waals surface area contributed by atoms with Gasteiger partial charge in [0.1, 0.15) is 11.5 Å². The Morgan fingerprint density at radius 1 is 1.14 bits per heavy atom. The average Bonchev–Trinajstić information content (AvgIpc) is 2.68. The van der Waals surface area contributed by atoms with E-state index in [0.717, 1.165) is 18.3 Å². The van der Waals surface area contributed by atoms with E-state index < -0.39 is 29.5 Å². The molecule has 5 nitrogen and oxygen atoms in total. The van der Waals surface area contributed by atoms with Crippen LogP contribution in [0.25, 0.3) is 0 Å². The number of pyridine rings is 1. The smallest absolute Gasteiger partial charge is 0.352 e. The number of hydrogen-bond acceptors (Lipinski definition) is 3. The molecule has 0 aliphatic carbocycles. The molecular weight excluding hydrogens is 390 g/mol. The quantitative estimate of drug-likeness (QED) is 0.532. The number of carbonyl (C=O) groups excluding carboxylic acids is 2. The lowest BCUT2D eigenvalue weighted by Crippen LogP contribution is -2.27. The maximum atomic E-state index is 12.9. The number of rotatable bonds is 7. The van der Waals surface area contributed by atoms with Gasteiger partial charge in [-0.2, -0.15) is 13.2 Å². The number of benzene rings is 1. The highest BCUT2D eigenvalue weighted by Crippen LogP contribution is 2.27. The summed E-state index contributed by atoms with van der Waals surface area (Å²) in [6.07, 6.45) is -3.43. The third-order valence-corrected chi connectivity index (χ3v) is 4.17. The SMILES string of the molecule is C=C(CCNC(=O)c1ccc(C(F)(F)F)nc1)[C@H](C)C(=O)Nc1ccc(F)cc1. The van der Waals surface area contributed by atoms with Crippen LogP contribution in [0.2, 0.25) is 0 Å². The van der Waals surface area contributed by atoms with Crippen LogP contribution in [-0.4, -0.2) is 23.3 Å². The highest BCUT2D eigenvalue weighted by atomic mass is 19.4. The molecule has 0 radical (unpaired) electrons. The second-order valence-electron chi connectivity index (χ2n) is 6.31. The molecule has 2 N–H and O–H groups in total. The first-order valence-corrected chi connectivity index (χ1v) is 8.63. The van der Waals surface area contributed by atoms with Crippen LogP contribution in [0.15, 0.2) is 54.7 Å². The maximum Gasteiger partial charge on any atom is 0.433 e. The largest absolute Gasteiger partial charge is 0.433 e. The molecule has 1 aromatic heterocycles. The van der Waals surface area contributed by atoms with Crippen LogP contribution in [0, 0.1) is 11.7 Å². The summed E-state index contributed by atoms with van der Waals surface area (Å²) in [5, 5.41) is 5.18. The Morgan fingerprint density at radius 3 is 2.34 bits per heavy atom. The lowest BCUT2D eigenvalue weighted by molar-refractivity contribution is -0.141. The van der Waals surface area contributed by atoms with Crippen molar-refractivity contribution < 1.29 is 27.2 Å². The number of carbonyl (C=O) groups is 2. The number of halogens is 4. The van der Waals surface area contributed by atoms with Crippen molar-refractivity contribution in [3.8, 4) is 0 Å². The summed E-state index contributed by atoms with van der Waals surface area (Å²) in [4.78, 5) is 27.4. The minimum absolute atomic E-state index is 0.00860. The third kappa shape index (κ3) is 6.41. The van der Waals surface area contributed by atoms with Gasteiger partial charge in [0.25, 0.3) is 5.91 Å². The fraction of sp³-hybridized carbons (Fsp3) is 0.250. The van der Waals surface area contributed by atoms with E-state index in [2.05, 4.69) is 22.2 Å². The fourth-order valence-corrected chi connectivity index (χ4v) is 2.32. The molecule has 154 valence electrons. The van der Waals surface area contributed by atoms with Crippen molar-refractivity contribution in [2.75, 3.05) is 11.9 Å². The van der Waals surface area contributed by atoms with Gasteiger partial charge in [-0.15, -0.1) is 0 Å². The van der Waals surface area contributed by atoms with Crippen LogP contribution < -0.4 is 10.6 Å². The predicted molar refractivity (Wildman–Crippen MR) is 99.5 cm³/mol. The number of amides is 2. The van der Waals surface area contributed by atoms with Gasteiger partial charge >= 0.3 is 6.18 Å². The van der Waals surface area contributed by atoms with E-state index in [-0.39, 0.29) is 24.4 Å². The molecule has 1 aromatic carbocycles. The van der Waals surface area contributed by atoms with Crippen LogP contribution >= 0.6 is 0 Å². The lowest BCUT2D eigenvalue weighted by Gasteiger charge is -2.15. The van der Waals surface area contributed by atoms with Gasteiger partial charge in [-0.1, -0.05) is 12.2 Å². The number of aromatic nitrogens is 1. The Kier molecular flexibility index (Phi) is 7.08. The number of nitrogens with zero attached hydrogens (tertiary/aromatic N) is 1. The Labute approximate surface area is 164 Å². The number of alkyl halides is 3. The van der Waals surface area contributed by atoms with Gasteiger partial charge in [-0.25, -0.2) is 4.39 Å². The molecule has 2 rings (SSSR count). The molecule has 0 bridgehead atoms. The maximum absolute atomic E-state index is 12.9. The topological polar surface area (TPSA) is 71.1 Å². The molecule has 29 heavy (non-hydrogen) atoms. The van der Waals surface area contributed by atoms with Crippen LogP contribution in [0.4, 0.5) is 23.2 Å². The first-order chi connectivity index (χ1) is 13.6. The van der Waals surface area contributed by atoms with Crippen molar-refractivity contribution in [3.05, 3.63) is 71.8 Å². The zero-order valence-corrected chi connectivity index (χ0v) is 15.5. The Morgan fingerprint density at radius 2 is 1.79 bits per heavy atom. The normalized spacial score (nSPS) is 12.2. The predicted octanol–water partition coefficient (Wildman–Crippen LogP) is 4.19. The van der Waals surface area contributed by atoms with Crippen molar-refractivity contribution >= 4 is 17.5 Å². The molecule has 0 aliphatic heterocycles. The van der Waals surface area contributed by atoms with Gasteiger partial charge in [0, 0.05) is 18.4 Å². The number of nitrogens with one attached hydrogen (secondary N) is 2. The minimum atomic E-state index is -4.57. The molecule has 0 spiro atoms. The monoisotopic (exact) mass is 409 g/mol. The van der Waals surface area contributed by atoms with E-state index in [1.807, 2.05) is 0 Å². The standard InChI is InChI=1S/C20H19F4N3O2/c1-12(13(2)18(28)27-16-6-4-15(21)5-7-16)9-10-25-19(29)14-3-8-17(26-11-14)20(22,23)24/h3-8,11,13H,1,9-10H2,2H3,(H,25,29)(H,27,28)/t13-/m0/s1. The average molecular weight is 409 g/mol. The van der Waals surface area contributed by atoms with Crippen molar-refractivity contribution in [1.82, 2.24) is 10.3 Å². The molecule has 9 heteroatoms. The zero-order chi connectivity index (χ0) is 21.6. The third-order valence-electron chi connectivity index (χ3n) is 4.17. The van der Waals surface area contributed by atoms with Crippen LogP contribution in [0.3, 0.4) is 0 Å². The molecule has 0 unspecified atom stereocenters. The summed E-state index contributed by atoms with van der Waals surface area (Å²) in [5.41, 5.74) is -0.0938. The fourth-order valence-electron chi connectivity index (χ4n) is 2.32. The Hall–Kier alpha value is -3.23. The first-order valence-electron chi connectivity index (χ1n) is 8.63. The Bertz CT molecular complexity index is 878. The van der Waals surface area contributed by atoms with Gasteiger partial charge in [-0.3, -0.25) is 14.6 Å². The second kappa shape index (κ2) is 9.31. The van der Waals surface area contributed by atoms with E-state index in [4.69, 9.17) is 0 Å². The molecule has 1 heterocycles. The van der Waals surface area contributed by atoms with Crippen molar-refractivity contribution in [1.29, 1.82) is 0 Å². The summed E-state index contributed by atoms with van der Waals surface area (Å²) in [7, 11) is 0. The van der Waals surface area contributed by atoms with Gasteiger partial charge in [0.2, 0.25) is 5.91 Å². The van der Waals surface area contributed by atoms with Crippen LogP contribution in [-0.2, 0) is 11.0 Å². The van der Waals surface area contributed by atoms with Crippen molar-refractivity contribution in [2.24, 2.45) is 5.92 Å². The molecule has 0 fully saturated rings. The number of anilines is 1. The Balaban J connectivity index is 1.81. The van der Waals surface area contributed by atoms with E-state index in [1.165, 1.54) is 24.3 Å². The highest BCUT2D eigenvalue weighted by Gasteiger charge is 2.32. The summed E-state index contributed by atoms with van der Waals surface area (Å²) in [6.45, 7) is 5.62. The minimum Gasteiger partial charge on any atom is -0.352 e. The molecule has 0 saturated carbocycles. The van der Waals surface area contributed by atoms with Gasteiger partial charge in [0.05, 0.1) is 11.5 Å². The summed E-state index contributed by atoms with van der Waals surface area (Å²) in [6, 6.07) is 7.08. The summed E-state index contributed by atoms with van der Waals surface area (Å²) >= 11 is 0. The molecule has 0 aliphatic rings. The summed E-state index contributed by atoms with van der Waals surface area (Å²) in [5.74, 6) is -1.90. The molecule has 2 amide bonds. The lowest BCUT2D eigenvalue weighted by atomic mass is 9.98. The summed E-state index contributed by atoms with van der Waals surface area (Å²) < 4.78 is 50.4. The van der Waals surface area contributed by atoms with Gasteiger partial charge in [-0.05, 0) is 49.7 Å². The van der Waals surface area contributed by atoms with Crippen LogP contribution in [0.1, 0.15) is 29.4 Å². The van der Waals surface area contributed by atoms with Crippen molar-refractivity contribution in [3.63, 3.8) is 0 Å². The van der Waals surface area contributed by atoms with Gasteiger partial charge in [0.15, 0.2) is 0 Å². The first kappa shape index (κ1) is 22.1. The van der Waals surface area contributed by atoms with E-state index in [1.54, 1.807) is 6.92 Å². The molecular formula is C20H19F4N3O2. The van der Waals surface area contributed by atoms with E-state index in [9.17, 15) is 27.2 Å². The van der Waals surface area contributed by atoms with E-state index in [0.29, 0.717) is 11.3 Å². The number of hydrogen-bond donors (Lipinski definition) is 2. The van der Waals surface area contributed by atoms with E-state index >= 15 is 0 Å².